The van der Waals surface area contributed by atoms with Gasteiger partial charge < -0.3 is 9.97 Å². The van der Waals surface area contributed by atoms with E-state index < -0.39 is 23.0 Å². The van der Waals surface area contributed by atoms with Crippen molar-refractivity contribution in [3.05, 3.63) is 80.4 Å². The summed E-state index contributed by atoms with van der Waals surface area (Å²) in [5, 5.41) is 0.920. The molecule has 2 aromatic heterocycles. The normalized spacial score (nSPS) is 11.2. The van der Waals surface area contributed by atoms with Crippen molar-refractivity contribution < 1.29 is 9.18 Å². The summed E-state index contributed by atoms with van der Waals surface area (Å²) >= 11 is 0. The van der Waals surface area contributed by atoms with Gasteiger partial charge in [0.25, 0.3) is 11.5 Å². The number of nitrogens with one attached hydrogen (secondary N) is 3. The summed E-state index contributed by atoms with van der Waals surface area (Å²) in [6.45, 7) is 1.93. The summed E-state index contributed by atoms with van der Waals surface area (Å²) < 4.78 is 13.8. The second-order valence-corrected chi connectivity index (χ2v) is 5.98. The zero-order valence-corrected chi connectivity index (χ0v) is 13.6. The molecule has 0 aliphatic rings. The van der Waals surface area contributed by atoms with Crippen molar-refractivity contribution in [1.82, 2.24) is 14.6 Å². The third kappa shape index (κ3) is 2.57. The van der Waals surface area contributed by atoms with Gasteiger partial charge in [0.1, 0.15) is 11.5 Å². The first kappa shape index (κ1) is 15.8. The molecular formula is C18H13FN4O3. The van der Waals surface area contributed by atoms with E-state index in [0.29, 0.717) is 4.68 Å². The molecule has 0 fully saturated rings. The van der Waals surface area contributed by atoms with Gasteiger partial charge in [0.2, 0.25) is 0 Å². The standard InChI is InChI=1S/C18H13FN4O3/c1-9-2-5-13-10(6-9)7-15(20-13)16(24)22-23-17(25)12-4-3-11(19)8-14(12)21-18(23)26/h2-8,20H,1H3,(H,21,26)(H,22,24). The maximum atomic E-state index is 13.3. The lowest BCUT2D eigenvalue weighted by Gasteiger charge is -2.07. The molecule has 7 nitrogen and oxygen atoms in total. The summed E-state index contributed by atoms with van der Waals surface area (Å²) in [5.74, 6) is -1.23. The molecule has 8 heteroatoms. The number of aryl methyl sites for hydroxylation is 1. The van der Waals surface area contributed by atoms with Crippen LogP contribution in [-0.2, 0) is 0 Å². The molecule has 0 saturated carbocycles. The maximum Gasteiger partial charge on any atom is 0.348 e. The summed E-state index contributed by atoms with van der Waals surface area (Å²) in [6.07, 6.45) is 0. The molecule has 4 rings (SSSR count). The highest BCUT2D eigenvalue weighted by Gasteiger charge is 2.14. The quantitative estimate of drug-likeness (QED) is 0.514. The fourth-order valence-electron chi connectivity index (χ4n) is 2.83. The van der Waals surface area contributed by atoms with Crippen molar-refractivity contribution in [2.75, 3.05) is 5.43 Å². The molecule has 0 aliphatic carbocycles. The molecule has 0 atom stereocenters. The minimum absolute atomic E-state index is 0.0617. The van der Waals surface area contributed by atoms with Crippen LogP contribution in [0.25, 0.3) is 21.8 Å². The molecule has 0 unspecified atom stereocenters. The van der Waals surface area contributed by atoms with E-state index in [1.54, 1.807) is 6.07 Å². The van der Waals surface area contributed by atoms with Crippen molar-refractivity contribution in [1.29, 1.82) is 0 Å². The average molecular weight is 352 g/mol. The number of carbonyl (C=O) groups excluding carboxylic acids is 1. The summed E-state index contributed by atoms with van der Waals surface area (Å²) in [4.78, 5) is 42.3. The van der Waals surface area contributed by atoms with Crippen LogP contribution in [0.5, 0.6) is 0 Å². The number of H-pyrrole nitrogens is 2. The summed E-state index contributed by atoms with van der Waals surface area (Å²) in [7, 11) is 0. The van der Waals surface area contributed by atoms with Gasteiger partial charge in [0.05, 0.1) is 10.9 Å². The minimum Gasteiger partial charge on any atom is -0.350 e. The second kappa shape index (κ2) is 5.69. The third-order valence-electron chi connectivity index (χ3n) is 4.09. The van der Waals surface area contributed by atoms with E-state index in [4.69, 9.17) is 0 Å². The molecule has 26 heavy (non-hydrogen) atoms. The molecule has 2 heterocycles. The lowest BCUT2D eigenvalue weighted by Crippen LogP contribution is -2.43. The number of carbonyl (C=O) groups is 1. The molecule has 0 aliphatic heterocycles. The van der Waals surface area contributed by atoms with Crippen LogP contribution in [0.2, 0.25) is 0 Å². The number of fused-ring (bicyclic) bond motifs is 2. The number of rotatable bonds is 2. The van der Waals surface area contributed by atoms with E-state index in [1.807, 2.05) is 25.1 Å². The lowest BCUT2D eigenvalue weighted by molar-refractivity contribution is 0.100. The smallest absolute Gasteiger partial charge is 0.348 e. The number of aromatic nitrogens is 3. The average Bonchev–Trinajstić information content (AvgIpc) is 3.01. The van der Waals surface area contributed by atoms with Crippen molar-refractivity contribution in [3.63, 3.8) is 0 Å². The van der Waals surface area contributed by atoms with Gasteiger partial charge in [0.15, 0.2) is 0 Å². The number of amides is 1. The SMILES string of the molecule is Cc1ccc2[nH]c(C(=O)Nn3c(=O)[nH]c4cc(F)ccc4c3=O)cc2c1. The molecule has 0 bridgehead atoms. The van der Waals surface area contributed by atoms with Crippen molar-refractivity contribution in [3.8, 4) is 0 Å². The Labute approximate surface area is 145 Å². The van der Waals surface area contributed by atoms with Gasteiger partial charge >= 0.3 is 5.69 Å². The second-order valence-electron chi connectivity index (χ2n) is 5.98. The van der Waals surface area contributed by atoms with Crippen LogP contribution in [0.15, 0.2) is 52.1 Å². The van der Waals surface area contributed by atoms with Crippen LogP contribution in [0, 0.1) is 12.7 Å². The molecule has 1 amide bonds. The van der Waals surface area contributed by atoms with E-state index in [0.717, 1.165) is 28.6 Å². The van der Waals surface area contributed by atoms with Crippen LogP contribution in [-0.4, -0.2) is 20.6 Å². The van der Waals surface area contributed by atoms with Crippen molar-refractivity contribution >= 4 is 27.7 Å². The number of hydrogen-bond donors (Lipinski definition) is 3. The topological polar surface area (TPSA) is 99.8 Å². The molecule has 2 aromatic carbocycles. The highest BCUT2D eigenvalue weighted by atomic mass is 19.1. The maximum absolute atomic E-state index is 13.3. The van der Waals surface area contributed by atoms with Crippen LogP contribution in [0.3, 0.4) is 0 Å². The molecular weight excluding hydrogens is 339 g/mol. The first-order valence-corrected chi connectivity index (χ1v) is 7.78. The summed E-state index contributed by atoms with van der Waals surface area (Å²) in [5.41, 5.74) is 2.73. The predicted molar refractivity (Wildman–Crippen MR) is 95.5 cm³/mol. The highest BCUT2D eigenvalue weighted by Crippen LogP contribution is 2.17. The number of benzene rings is 2. The third-order valence-corrected chi connectivity index (χ3v) is 4.09. The van der Waals surface area contributed by atoms with Gasteiger partial charge in [-0.1, -0.05) is 11.6 Å². The van der Waals surface area contributed by atoms with Crippen LogP contribution >= 0.6 is 0 Å². The first-order valence-electron chi connectivity index (χ1n) is 7.78. The molecule has 4 aromatic rings. The van der Waals surface area contributed by atoms with Crippen LogP contribution in [0.4, 0.5) is 4.39 Å². The Kier molecular flexibility index (Phi) is 3.47. The van der Waals surface area contributed by atoms with Gasteiger partial charge in [-0.25, -0.2) is 9.18 Å². The molecule has 0 spiro atoms. The van der Waals surface area contributed by atoms with Gasteiger partial charge in [0, 0.05) is 10.9 Å². The van der Waals surface area contributed by atoms with Crippen molar-refractivity contribution in [2.24, 2.45) is 0 Å². The molecule has 0 radical (unpaired) electrons. The Morgan fingerprint density at radius 3 is 2.65 bits per heavy atom. The van der Waals surface area contributed by atoms with Gasteiger partial charge in [-0.2, -0.15) is 4.68 Å². The van der Waals surface area contributed by atoms with E-state index in [1.165, 1.54) is 6.07 Å². The van der Waals surface area contributed by atoms with E-state index >= 15 is 0 Å². The largest absolute Gasteiger partial charge is 0.350 e. The number of hydrogen-bond acceptors (Lipinski definition) is 3. The first-order chi connectivity index (χ1) is 12.4. The van der Waals surface area contributed by atoms with Crippen LogP contribution in [0.1, 0.15) is 16.1 Å². The summed E-state index contributed by atoms with van der Waals surface area (Å²) in [6, 6.07) is 10.7. The molecule has 3 N–H and O–H groups in total. The highest BCUT2D eigenvalue weighted by molar-refractivity contribution is 6.02. The van der Waals surface area contributed by atoms with Gasteiger partial charge in [-0.05, 0) is 43.3 Å². The Hall–Kier alpha value is -3.68. The molecule has 130 valence electrons. The van der Waals surface area contributed by atoms with Gasteiger partial charge in [-0.15, -0.1) is 0 Å². The molecule has 0 saturated heterocycles. The Balaban J connectivity index is 1.76. The van der Waals surface area contributed by atoms with E-state index in [2.05, 4.69) is 15.4 Å². The van der Waals surface area contributed by atoms with E-state index in [-0.39, 0.29) is 16.6 Å². The minimum atomic E-state index is -0.867. The fraction of sp³-hybridized carbons (Fsp3) is 0.0556. The predicted octanol–water partition coefficient (Wildman–Crippen LogP) is 2.00. The van der Waals surface area contributed by atoms with E-state index in [9.17, 15) is 18.8 Å². The Morgan fingerprint density at radius 1 is 1.04 bits per heavy atom. The Morgan fingerprint density at radius 2 is 1.85 bits per heavy atom. The monoisotopic (exact) mass is 352 g/mol. The zero-order chi connectivity index (χ0) is 18.4. The Bertz CT molecular complexity index is 1300. The zero-order valence-electron chi connectivity index (χ0n) is 13.6. The number of aromatic amines is 2. The number of halogens is 1. The number of nitrogens with zero attached hydrogens (tertiary/aromatic N) is 1. The van der Waals surface area contributed by atoms with Crippen LogP contribution < -0.4 is 16.7 Å². The fourth-order valence-corrected chi connectivity index (χ4v) is 2.83. The lowest BCUT2D eigenvalue weighted by atomic mass is 10.2. The van der Waals surface area contributed by atoms with Gasteiger partial charge in [-0.3, -0.25) is 15.0 Å². The van der Waals surface area contributed by atoms with Crippen molar-refractivity contribution in [2.45, 2.75) is 6.92 Å².